The Balaban J connectivity index is 2.13. The number of anilines is 1. The van der Waals surface area contributed by atoms with Crippen molar-refractivity contribution in [3.05, 3.63) is 17.0 Å². The smallest absolute Gasteiger partial charge is 0.345 e. The van der Waals surface area contributed by atoms with E-state index in [0.717, 1.165) is 30.9 Å². The number of rotatable bonds is 3. The van der Waals surface area contributed by atoms with Gasteiger partial charge in [0.05, 0.1) is 10.6 Å². The van der Waals surface area contributed by atoms with Gasteiger partial charge in [0.25, 0.3) is 0 Å². The minimum absolute atomic E-state index is 0.119. The molecule has 0 aliphatic carbocycles. The number of ether oxygens (including phenoxy) is 1. The molecule has 2 rings (SSSR count). The van der Waals surface area contributed by atoms with Crippen molar-refractivity contribution in [2.24, 2.45) is 0 Å². The monoisotopic (exact) mass is 255 g/mol. The zero-order chi connectivity index (χ0) is 12.5. The predicted octanol–water partition coefficient (Wildman–Crippen LogP) is 2.45. The molecule has 4 nitrogen and oxygen atoms in total. The van der Waals surface area contributed by atoms with Gasteiger partial charge in [-0.3, -0.25) is 0 Å². The fraction of sp³-hybridized carbons (Fsp3) is 0.583. The topological polar surface area (TPSA) is 49.8 Å². The molecule has 0 spiro atoms. The molecule has 2 heterocycles. The SMILES string of the molecule is COC1(C)CCCN(c2ccc(C(=O)O)s2)C1. The molecule has 0 radical (unpaired) electrons. The van der Waals surface area contributed by atoms with Crippen LogP contribution in [-0.2, 0) is 4.74 Å². The van der Waals surface area contributed by atoms with Gasteiger partial charge < -0.3 is 14.7 Å². The van der Waals surface area contributed by atoms with Crippen molar-refractivity contribution < 1.29 is 14.6 Å². The third kappa shape index (κ3) is 2.61. The van der Waals surface area contributed by atoms with Gasteiger partial charge in [0, 0.05) is 20.2 Å². The summed E-state index contributed by atoms with van der Waals surface area (Å²) in [4.78, 5) is 13.5. The fourth-order valence-electron chi connectivity index (χ4n) is 2.17. The first-order valence-corrected chi connectivity index (χ1v) is 6.49. The molecule has 1 aliphatic rings. The van der Waals surface area contributed by atoms with E-state index < -0.39 is 5.97 Å². The van der Waals surface area contributed by atoms with Crippen molar-refractivity contribution >= 4 is 22.3 Å². The summed E-state index contributed by atoms with van der Waals surface area (Å²) in [6.07, 6.45) is 2.13. The fourth-order valence-corrected chi connectivity index (χ4v) is 3.04. The Morgan fingerprint density at radius 3 is 2.94 bits per heavy atom. The van der Waals surface area contributed by atoms with Gasteiger partial charge in [-0.15, -0.1) is 11.3 Å². The highest BCUT2D eigenvalue weighted by molar-refractivity contribution is 7.17. The van der Waals surface area contributed by atoms with Crippen molar-refractivity contribution in [1.82, 2.24) is 0 Å². The Labute approximate surface area is 105 Å². The maximum atomic E-state index is 10.8. The predicted molar refractivity (Wildman–Crippen MR) is 68.1 cm³/mol. The zero-order valence-electron chi connectivity index (χ0n) is 10.1. The number of carbonyl (C=O) groups is 1. The number of methoxy groups -OCH3 is 1. The molecule has 1 fully saturated rings. The van der Waals surface area contributed by atoms with E-state index in [1.54, 1.807) is 13.2 Å². The molecule has 17 heavy (non-hydrogen) atoms. The van der Waals surface area contributed by atoms with Gasteiger partial charge in [-0.2, -0.15) is 0 Å². The maximum absolute atomic E-state index is 10.8. The van der Waals surface area contributed by atoms with Crippen LogP contribution in [-0.4, -0.2) is 36.9 Å². The summed E-state index contributed by atoms with van der Waals surface area (Å²) in [6.45, 7) is 3.90. The van der Waals surface area contributed by atoms with Gasteiger partial charge in [-0.1, -0.05) is 0 Å². The molecule has 5 heteroatoms. The summed E-state index contributed by atoms with van der Waals surface area (Å²) < 4.78 is 5.53. The number of aromatic carboxylic acids is 1. The summed E-state index contributed by atoms with van der Waals surface area (Å²) in [5, 5.41) is 9.93. The van der Waals surface area contributed by atoms with Gasteiger partial charge in [0.15, 0.2) is 0 Å². The number of hydrogen-bond donors (Lipinski definition) is 1. The van der Waals surface area contributed by atoms with Crippen molar-refractivity contribution in [3.8, 4) is 0 Å². The summed E-state index contributed by atoms with van der Waals surface area (Å²) in [5.41, 5.74) is -0.119. The van der Waals surface area contributed by atoms with Crippen molar-refractivity contribution in [2.75, 3.05) is 25.1 Å². The number of nitrogens with zero attached hydrogens (tertiary/aromatic N) is 1. The van der Waals surface area contributed by atoms with E-state index in [1.807, 2.05) is 6.07 Å². The van der Waals surface area contributed by atoms with Crippen LogP contribution in [0.5, 0.6) is 0 Å². The second-order valence-corrected chi connectivity index (χ2v) is 5.68. The van der Waals surface area contributed by atoms with Gasteiger partial charge in [0.2, 0.25) is 0 Å². The Morgan fingerprint density at radius 1 is 1.59 bits per heavy atom. The minimum Gasteiger partial charge on any atom is -0.477 e. The molecule has 1 unspecified atom stereocenters. The van der Waals surface area contributed by atoms with Gasteiger partial charge in [-0.25, -0.2) is 4.79 Å². The number of hydrogen-bond acceptors (Lipinski definition) is 4. The van der Waals surface area contributed by atoms with Crippen LogP contribution in [0.25, 0.3) is 0 Å². The van der Waals surface area contributed by atoms with Crippen molar-refractivity contribution in [3.63, 3.8) is 0 Å². The van der Waals surface area contributed by atoms with E-state index in [2.05, 4.69) is 11.8 Å². The standard InChI is InChI=1S/C12H17NO3S/c1-12(16-2)6-3-7-13(8-12)10-5-4-9(17-10)11(14)15/h4-5H,3,6-8H2,1-2H3,(H,14,15). The Kier molecular flexibility index (Phi) is 3.40. The highest BCUT2D eigenvalue weighted by Crippen LogP contribution is 2.32. The molecule has 1 atom stereocenters. The lowest BCUT2D eigenvalue weighted by atomic mass is 9.95. The van der Waals surface area contributed by atoms with E-state index in [0.29, 0.717) is 4.88 Å². The molecule has 0 bridgehead atoms. The summed E-state index contributed by atoms with van der Waals surface area (Å²) >= 11 is 1.33. The van der Waals surface area contributed by atoms with Crippen LogP contribution in [0.1, 0.15) is 29.4 Å². The zero-order valence-corrected chi connectivity index (χ0v) is 10.9. The summed E-state index contributed by atoms with van der Waals surface area (Å²) in [7, 11) is 1.74. The molecule has 1 N–H and O–H groups in total. The number of thiophene rings is 1. The van der Waals surface area contributed by atoms with Crippen molar-refractivity contribution in [2.45, 2.75) is 25.4 Å². The molecule has 0 aromatic carbocycles. The number of carboxylic acids is 1. The van der Waals surface area contributed by atoms with Gasteiger partial charge in [-0.05, 0) is 31.9 Å². The highest BCUT2D eigenvalue weighted by Gasteiger charge is 2.31. The largest absolute Gasteiger partial charge is 0.477 e. The molecule has 1 aromatic rings. The number of piperidine rings is 1. The van der Waals surface area contributed by atoms with Crippen molar-refractivity contribution in [1.29, 1.82) is 0 Å². The second kappa shape index (κ2) is 4.66. The van der Waals surface area contributed by atoms with Crippen LogP contribution in [0.2, 0.25) is 0 Å². The second-order valence-electron chi connectivity index (χ2n) is 4.62. The molecule has 0 saturated carbocycles. The Morgan fingerprint density at radius 2 is 2.35 bits per heavy atom. The lowest BCUT2D eigenvalue weighted by molar-refractivity contribution is -0.00451. The minimum atomic E-state index is -0.854. The molecule has 0 amide bonds. The van der Waals surface area contributed by atoms with Gasteiger partial charge >= 0.3 is 5.97 Å². The average molecular weight is 255 g/mol. The molecule has 1 aromatic heterocycles. The molecular formula is C12H17NO3S. The summed E-state index contributed by atoms with van der Waals surface area (Å²) in [6, 6.07) is 3.55. The Hall–Kier alpha value is -1.07. The van der Waals surface area contributed by atoms with E-state index in [1.165, 1.54) is 11.3 Å². The van der Waals surface area contributed by atoms with Crippen LogP contribution in [0.4, 0.5) is 5.00 Å². The molecular weight excluding hydrogens is 238 g/mol. The third-order valence-electron chi connectivity index (χ3n) is 3.27. The molecule has 1 aliphatic heterocycles. The van der Waals surface area contributed by atoms with E-state index in [-0.39, 0.29) is 5.60 Å². The lowest BCUT2D eigenvalue weighted by Gasteiger charge is -2.40. The first kappa shape index (κ1) is 12.4. The van der Waals surface area contributed by atoms with Crippen LogP contribution in [0.15, 0.2) is 12.1 Å². The van der Waals surface area contributed by atoms with Crippen LogP contribution in [0.3, 0.4) is 0 Å². The van der Waals surface area contributed by atoms with Crippen LogP contribution < -0.4 is 4.90 Å². The Bertz CT molecular complexity index is 418. The maximum Gasteiger partial charge on any atom is 0.345 e. The average Bonchev–Trinajstić information content (AvgIpc) is 2.78. The first-order valence-electron chi connectivity index (χ1n) is 5.67. The van der Waals surface area contributed by atoms with Gasteiger partial charge in [0.1, 0.15) is 4.88 Å². The van der Waals surface area contributed by atoms with Crippen LogP contribution in [0, 0.1) is 0 Å². The van der Waals surface area contributed by atoms with Crippen LogP contribution >= 0.6 is 11.3 Å². The van der Waals surface area contributed by atoms with E-state index >= 15 is 0 Å². The molecule has 94 valence electrons. The normalized spacial score (nSPS) is 24.9. The van der Waals surface area contributed by atoms with E-state index in [4.69, 9.17) is 9.84 Å². The lowest BCUT2D eigenvalue weighted by Crippen LogP contribution is -2.47. The quantitative estimate of drug-likeness (QED) is 0.901. The van der Waals surface area contributed by atoms with E-state index in [9.17, 15) is 4.79 Å². The highest BCUT2D eigenvalue weighted by atomic mass is 32.1. The molecule has 1 saturated heterocycles. The number of carboxylic acid groups (broad SMARTS) is 1. The third-order valence-corrected chi connectivity index (χ3v) is 4.40. The summed E-state index contributed by atoms with van der Waals surface area (Å²) in [5.74, 6) is -0.854. The first-order chi connectivity index (χ1) is 8.04.